The van der Waals surface area contributed by atoms with Crippen LogP contribution in [-0.4, -0.2) is 68.7 Å². The van der Waals surface area contributed by atoms with Gasteiger partial charge in [0.25, 0.3) is 0 Å². The summed E-state index contributed by atoms with van der Waals surface area (Å²) < 4.78 is 15.1. The molecule has 2 rings (SSSR count). The van der Waals surface area contributed by atoms with Gasteiger partial charge in [0.2, 0.25) is 0 Å². The van der Waals surface area contributed by atoms with Gasteiger partial charge in [-0.3, -0.25) is 0 Å². The lowest BCUT2D eigenvalue weighted by Crippen LogP contribution is -2.49. The molecule has 1 atom stereocenters. The van der Waals surface area contributed by atoms with Crippen LogP contribution in [0.1, 0.15) is 0 Å². The highest BCUT2D eigenvalue weighted by atomic mass is 28.3. The van der Waals surface area contributed by atoms with Crippen LogP contribution in [0.15, 0.2) is 0 Å². The number of nitrogens with zero attached hydrogens (tertiary/aromatic N) is 2. The van der Waals surface area contributed by atoms with Crippen molar-refractivity contribution in [1.29, 1.82) is 0 Å². The lowest BCUT2D eigenvalue weighted by molar-refractivity contribution is -0.00311. The summed E-state index contributed by atoms with van der Waals surface area (Å²) in [6, 6.07) is 0.156. The molecule has 0 aromatic heterocycles. The lowest BCUT2D eigenvalue weighted by atomic mass is 10.5. The van der Waals surface area contributed by atoms with Crippen molar-refractivity contribution >= 4 is 26.3 Å². The van der Waals surface area contributed by atoms with Crippen molar-refractivity contribution in [2.75, 3.05) is 26.4 Å². The first-order chi connectivity index (χ1) is 9.79. The van der Waals surface area contributed by atoms with Crippen LogP contribution in [0.5, 0.6) is 0 Å². The molecule has 118 valence electrons. The molecule has 2 saturated heterocycles. The van der Waals surface area contributed by atoms with Gasteiger partial charge in [0, 0.05) is 14.7 Å². The van der Waals surface area contributed by atoms with Crippen molar-refractivity contribution in [3.8, 4) is 0 Å². The molecule has 0 aliphatic carbocycles. The molecule has 0 aromatic carbocycles. The number of ether oxygens (including phenoxy) is 3. The van der Waals surface area contributed by atoms with Gasteiger partial charge in [0.05, 0.1) is 6.54 Å². The van der Waals surface area contributed by atoms with Crippen molar-refractivity contribution in [2.24, 2.45) is 0 Å². The van der Waals surface area contributed by atoms with Crippen LogP contribution in [-0.2, 0) is 14.2 Å². The molecule has 0 N–H and O–H groups in total. The van der Waals surface area contributed by atoms with Crippen molar-refractivity contribution < 1.29 is 28.6 Å². The molecule has 4 amide bonds. The number of carbonyl (C=O) groups excluding carboxylic acids is 3. The van der Waals surface area contributed by atoms with Crippen LogP contribution in [0.4, 0.5) is 14.4 Å². The van der Waals surface area contributed by atoms with Gasteiger partial charge in [-0.2, -0.15) is 4.90 Å². The van der Waals surface area contributed by atoms with E-state index in [4.69, 9.17) is 14.2 Å². The highest BCUT2D eigenvalue weighted by molar-refractivity contribution is 6.76. The minimum absolute atomic E-state index is 0.0147. The molecule has 2 fully saturated rings. The Morgan fingerprint density at radius 2 is 2.00 bits per heavy atom. The third-order valence-corrected chi connectivity index (χ3v) is 4.90. The van der Waals surface area contributed by atoms with Gasteiger partial charge in [0.15, 0.2) is 6.23 Å². The van der Waals surface area contributed by atoms with Gasteiger partial charge in [0.1, 0.15) is 13.2 Å². The van der Waals surface area contributed by atoms with Gasteiger partial charge in [-0.15, -0.1) is 0 Å². The fourth-order valence-corrected chi connectivity index (χ4v) is 2.66. The van der Waals surface area contributed by atoms with E-state index in [9.17, 15) is 14.4 Å². The summed E-state index contributed by atoms with van der Waals surface area (Å²) in [6.07, 6.45) is -2.33. The van der Waals surface area contributed by atoms with Crippen molar-refractivity contribution in [3.05, 3.63) is 0 Å². The average Bonchev–Trinajstić information content (AvgIpc) is 2.94. The van der Waals surface area contributed by atoms with Crippen LogP contribution >= 0.6 is 0 Å². The molecule has 1 unspecified atom stereocenters. The Morgan fingerprint density at radius 1 is 1.29 bits per heavy atom. The Morgan fingerprint density at radius 3 is 2.57 bits per heavy atom. The molecular weight excluding hydrogens is 296 g/mol. The molecule has 2 aliphatic heterocycles. The monoisotopic (exact) mass is 316 g/mol. The van der Waals surface area contributed by atoms with E-state index in [1.807, 2.05) is 0 Å². The summed E-state index contributed by atoms with van der Waals surface area (Å²) in [7, 11) is -1.27. The minimum Gasteiger partial charge on any atom is -0.447 e. The van der Waals surface area contributed by atoms with Crippen molar-refractivity contribution in [2.45, 2.75) is 31.9 Å². The van der Waals surface area contributed by atoms with E-state index in [2.05, 4.69) is 19.6 Å². The second-order valence-electron chi connectivity index (χ2n) is 6.13. The van der Waals surface area contributed by atoms with Crippen LogP contribution in [0.2, 0.25) is 25.7 Å². The van der Waals surface area contributed by atoms with Crippen LogP contribution < -0.4 is 0 Å². The van der Waals surface area contributed by atoms with E-state index >= 15 is 0 Å². The summed E-state index contributed by atoms with van der Waals surface area (Å²) in [5.74, 6) is 0. The molecule has 2 heterocycles. The van der Waals surface area contributed by atoms with Gasteiger partial charge in [-0.25, -0.2) is 19.3 Å². The number of hydrogen-bond acceptors (Lipinski definition) is 6. The zero-order valence-corrected chi connectivity index (χ0v) is 13.5. The quantitative estimate of drug-likeness (QED) is 0.734. The Kier molecular flexibility index (Phi) is 4.52. The molecular formula is C12H20N2O6Si. The first-order valence-electron chi connectivity index (χ1n) is 6.85. The molecule has 0 spiro atoms. The largest absolute Gasteiger partial charge is 0.447 e. The highest BCUT2D eigenvalue weighted by Gasteiger charge is 2.44. The summed E-state index contributed by atoms with van der Waals surface area (Å²) in [5.41, 5.74) is 0. The Hall–Kier alpha value is -1.61. The molecule has 2 aliphatic rings. The maximum absolute atomic E-state index is 12.2. The Balaban J connectivity index is 1.96. The minimum atomic E-state index is -1.27. The maximum Gasteiger partial charge on any atom is 0.420 e. The normalized spacial score (nSPS) is 22.5. The first kappa shape index (κ1) is 15.8. The van der Waals surface area contributed by atoms with Gasteiger partial charge < -0.3 is 14.2 Å². The zero-order valence-electron chi connectivity index (χ0n) is 12.5. The van der Waals surface area contributed by atoms with E-state index in [0.29, 0.717) is 6.61 Å². The zero-order chi connectivity index (χ0) is 15.6. The van der Waals surface area contributed by atoms with E-state index in [0.717, 1.165) is 15.8 Å². The molecule has 9 heteroatoms. The first-order valence-corrected chi connectivity index (χ1v) is 10.6. The third-order valence-electron chi connectivity index (χ3n) is 3.19. The fourth-order valence-electron chi connectivity index (χ4n) is 1.93. The Bertz CT molecular complexity index is 450. The number of amides is 4. The van der Waals surface area contributed by atoms with Gasteiger partial charge in [-0.05, 0) is 6.04 Å². The molecule has 21 heavy (non-hydrogen) atoms. The molecule has 0 saturated carbocycles. The number of imide groups is 2. The van der Waals surface area contributed by atoms with E-state index in [1.54, 1.807) is 0 Å². The molecule has 0 aromatic rings. The highest BCUT2D eigenvalue weighted by Crippen LogP contribution is 2.19. The maximum atomic E-state index is 12.2. The van der Waals surface area contributed by atoms with Gasteiger partial charge >= 0.3 is 18.2 Å². The van der Waals surface area contributed by atoms with Crippen LogP contribution in [0.3, 0.4) is 0 Å². The van der Waals surface area contributed by atoms with Crippen molar-refractivity contribution in [3.63, 3.8) is 0 Å². The average molecular weight is 316 g/mol. The lowest BCUT2D eigenvalue weighted by Gasteiger charge is -2.24. The van der Waals surface area contributed by atoms with Crippen molar-refractivity contribution in [1.82, 2.24) is 9.80 Å². The van der Waals surface area contributed by atoms with E-state index in [1.165, 1.54) is 0 Å². The summed E-state index contributed by atoms with van der Waals surface area (Å²) in [5, 5.41) is 0. The molecule has 0 bridgehead atoms. The van der Waals surface area contributed by atoms with E-state index < -0.39 is 32.5 Å². The topological polar surface area (TPSA) is 85.4 Å². The SMILES string of the molecule is C[Si](C)(C)CCOC1COC(=O)N1C(=O)N1CCOC1=O. The number of urea groups is 1. The van der Waals surface area contributed by atoms with Gasteiger partial charge in [-0.1, -0.05) is 19.6 Å². The summed E-state index contributed by atoms with van der Waals surface area (Å²) >= 11 is 0. The fraction of sp³-hybridized carbons (Fsp3) is 0.750. The molecule has 8 nitrogen and oxygen atoms in total. The standard InChI is InChI=1S/C12H20N2O6Si/c1-21(2,3)7-6-18-9-8-20-12(17)14(9)10(15)13-4-5-19-11(13)16/h9H,4-8H2,1-3H3. The Labute approximate surface area is 123 Å². The summed E-state index contributed by atoms with van der Waals surface area (Å²) in [6.45, 7) is 7.31. The summed E-state index contributed by atoms with van der Waals surface area (Å²) in [4.78, 5) is 37.0. The predicted octanol–water partition coefficient (Wildman–Crippen LogP) is 1.69. The number of hydrogen-bond donors (Lipinski definition) is 0. The number of cyclic esters (lactones) is 2. The smallest absolute Gasteiger partial charge is 0.420 e. The second-order valence-corrected chi connectivity index (χ2v) is 11.8. The number of carbonyl (C=O) groups is 3. The second kappa shape index (κ2) is 6.02. The predicted molar refractivity (Wildman–Crippen MR) is 74.5 cm³/mol. The van der Waals surface area contributed by atoms with E-state index in [-0.39, 0.29) is 19.8 Å². The number of rotatable bonds is 4. The molecule has 0 radical (unpaired) electrons. The van der Waals surface area contributed by atoms with Crippen LogP contribution in [0.25, 0.3) is 0 Å². The third kappa shape index (κ3) is 3.73. The van der Waals surface area contributed by atoms with Crippen LogP contribution in [0, 0.1) is 0 Å².